The molecule has 0 radical (unpaired) electrons. The molecule has 3 rings (SSSR count). The molecule has 0 bridgehead atoms. The van der Waals surface area contributed by atoms with Crippen LogP contribution in [0.1, 0.15) is 52.0 Å². The van der Waals surface area contributed by atoms with E-state index in [0.717, 1.165) is 18.5 Å². The molecule has 0 amide bonds. The van der Waals surface area contributed by atoms with Crippen LogP contribution in [-0.4, -0.2) is 24.7 Å². The smallest absolute Gasteiger partial charge is 0.0401 e. The van der Waals surface area contributed by atoms with Crippen molar-refractivity contribution in [2.75, 3.05) is 18.0 Å². The van der Waals surface area contributed by atoms with Crippen LogP contribution in [0.3, 0.4) is 0 Å². The van der Waals surface area contributed by atoms with Gasteiger partial charge in [-0.1, -0.05) is 18.2 Å². The van der Waals surface area contributed by atoms with Crippen LogP contribution >= 0.6 is 0 Å². The van der Waals surface area contributed by atoms with Crippen LogP contribution in [0.2, 0.25) is 0 Å². The van der Waals surface area contributed by atoms with Gasteiger partial charge >= 0.3 is 0 Å². The van der Waals surface area contributed by atoms with Crippen molar-refractivity contribution in [3.63, 3.8) is 0 Å². The molecule has 2 atom stereocenters. The van der Waals surface area contributed by atoms with Crippen LogP contribution in [0.25, 0.3) is 0 Å². The number of fused-ring (bicyclic) bond motifs is 1. The van der Waals surface area contributed by atoms with Gasteiger partial charge < -0.3 is 10.2 Å². The van der Waals surface area contributed by atoms with Crippen LogP contribution < -0.4 is 10.2 Å². The van der Waals surface area contributed by atoms with Crippen LogP contribution in [-0.2, 0) is 6.42 Å². The van der Waals surface area contributed by atoms with Crippen molar-refractivity contribution >= 4 is 5.69 Å². The Labute approximate surface area is 129 Å². The lowest BCUT2D eigenvalue weighted by Gasteiger charge is -2.46. The molecule has 1 N–H and O–H groups in total. The molecule has 0 saturated heterocycles. The van der Waals surface area contributed by atoms with Gasteiger partial charge in [0.05, 0.1) is 0 Å². The van der Waals surface area contributed by atoms with Crippen molar-refractivity contribution < 1.29 is 0 Å². The van der Waals surface area contributed by atoms with Gasteiger partial charge in [0.2, 0.25) is 0 Å². The molecule has 2 unspecified atom stereocenters. The number of anilines is 1. The zero-order chi connectivity index (χ0) is 14.9. The third kappa shape index (κ3) is 3.42. The highest BCUT2D eigenvalue weighted by Crippen LogP contribution is 2.38. The van der Waals surface area contributed by atoms with Crippen molar-refractivity contribution in [3.05, 3.63) is 29.8 Å². The first-order valence-electron chi connectivity index (χ1n) is 8.64. The number of nitrogens with one attached hydrogen (secondary N) is 1. The summed E-state index contributed by atoms with van der Waals surface area (Å²) in [6, 6.07) is 9.82. The summed E-state index contributed by atoms with van der Waals surface area (Å²) in [5.41, 5.74) is 3.31. The zero-order valence-corrected chi connectivity index (χ0v) is 13.9. The monoisotopic (exact) mass is 286 g/mol. The summed E-state index contributed by atoms with van der Waals surface area (Å²) in [4.78, 5) is 2.72. The summed E-state index contributed by atoms with van der Waals surface area (Å²) in [6.07, 6.45) is 6.68. The quantitative estimate of drug-likeness (QED) is 0.903. The molecule has 1 aliphatic carbocycles. The van der Waals surface area contributed by atoms with Crippen LogP contribution in [0.4, 0.5) is 5.69 Å². The second-order valence-electron chi connectivity index (χ2n) is 7.81. The molecule has 2 nitrogen and oxygen atoms in total. The molecule has 21 heavy (non-hydrogen) atoms. The van der Waals surface area contributed by atoms with Gasteiger partial charge in [-0.3, -0.25) is 0 Å². The van der Waals surface area contributed by atoms with E-state index in [1.54, 1.807) is 5.56 Å². The number of hydrogen-bond donors (Lipinski definition) is 1. The molecule has 2 heteroatoms. The highest BCUT2D eigenvalue weighted by molar-refractivity contribution is 5.55. The Morgan fingerprint density at radius 3 is 2.67 bits per heavy atom. The van der Waals surface area contributed by atoms with Crippen molar-refractivity contribution in [3.8, 4) is 0 Å². The van der Waals surface area contributed by atoms with Crippen LogP contribution in [0.5, 0.6) is 0 Å². The number of hydrogen-bond acceptors (Lipinski definition) is 2. The molecule has 0 aromatic heterocycles. The Morgan fingerprint density at radius 1 is 1.14 bits per heavy atom. The Hall–Kier alpha value is -1.02. The first-order valence-corrected chi connectivity index (χ1v) is 8.64. The highest BCUT2D eigenvalue weighted by atomic mass is 15.2. The number of nitrogens with zero attached hydrogens (tertiary/aromatic N) is 1. The fourth-order valence-electron chi connectivity index (χ4n) is 3.70. The lowest BCUT2D eigenvalue weighted by molar-refractivity contribution is 0.216. The maximum absolute atomic E-state index is 3.71. The van der Waals surface area contributed by atoms with Gasteiger partial charge in [0.15, 0.2) is 0 Å². The van der Waals surface area contributed by atoms with E-state index in [0.29, 0.717) is 0 Å². The minimum Gasteiger partial charge on any atom is -0.368 e. The van der Waals surface area contributed by atoms with E-state index in [1.165, 1.54) is 44.3 Å². The largest absolute Gasteiger partial charge is 0.368 e. The summed E-state index contributed by atoms with van der Waals surface area (Å²) >= 11 is 0. The third-order valence-electron chi connectivity index (χ3n) is 5.07. The molecular formula is C19H30N2. The molecule has 2 aliphatic rings. The lowest BCUT2D eigenvalue weighted by Crippen LogP contribution is -2.53. The van der Waals surface area contributed by atoms with Crippen molar-refractivity contribution in [1.29, 1.82) is 0 Å². The second kappa shape index (κ2) is 6.00. The molecule has 116 valence electrons. The second-order valence-corrected chi connectivity index (χ2v) is 7.81. The standard InChI is InChI=1S/C19H30N2/c1-19(2,3)20-14-16-11-12-18(16)21-13-7-6-9-15-8-4-5-10-17(15)21/h4-5,8,10,16,18,20H,6-7,9,11-14H2,1-3H3. The van der Waals surface area contributed by atoms with E-state index in [2.05, 4.69) is 55.3 Å². The van der Waals surface area contributed by atoms with E-state index < -0.39 is 0 Å². The van der Waals surface area contributed by atoms with E-state index in [1.807, 2.05) is 0 Å². The third-order valence-corrected chi connectivity index (χ3v) is 5.07. The highest BCUT2D eigenvalue weighted by Gasteiger charge is 2.36. The average molecular weight is 286 g/mol. The number of para-hydroxylation sites is 1. The molecule has 1 heterocycles. The Bertz CT molecular complexity index is 475. The molecule has 1 fully saturated rings. The van der Waals surface area contributed by atoms with Gasteiger partial charge in [0, 0.05) is 30.4 Å². The summed E-state index contributed by atoms with van der Waals surface area (Å²) in [6.45, 7) is 9.20. The number of benzene rings is 1. The molecule has 1 saturated carbocycles. The average Bonchev–Trinajstić information content (AvgIpc) is 2.60. The number of aryl methyl sites for hydroxylation is 1. The van der Waals surface area contributed by atoms with Gasteiger partial charge in [-0.15, -0.1) is 0 Å². The van der Waals surface area contributed by atoms with Crippen LogP contribution in [0, 0.1) is 5.92 Å². The van der Waals surface area contributed by atoms with E-state index >= 15 is 0 Å². The van der Waals surface area contributed by atoms with Crippen molar-refractivity contribution in [1.82, 2.24) is 5.32 Å². The summed E-state index contributed by atoms with van der Waals surface area (Å²) in [5.74, 6) is 0.815. The summed E-state index contributed by atoms with van der Waals surface area (Å²) in [7, 11) is 0. The maximum atomic E-state index is 3.71. The van der Waals surface area contributed by atoms with Gasteiger partial charge in [-0.05, 0) is 70.4 Å². The Kier molecular flexibility index (Phi) is 4.26. The van der Waals surface area contributed by atoms with E-state index in [4.69, 9.17) is 0 Å². The van der Waals surface area contributed by atoms with Crippen molar-refractivity contribution in [2.24, 2.45) is 5.92 Å². The summed E-state index contributed by atoms with van der Waals surface area (Å²) in [5, 5.41) is 3.71. The Morgan fingerprint density at radius 2 is 1.95 bits per heavy atom. The predicted octanol–water partition coefficient (Wildman–Crippen LogP) is 4.00. The first-order chi connectivity index (χ1) is 10.0. The molecule has 1 aromatic rings. The molecule has 1 aliphatic heterocycles. The fraction of sp³-hybridized carbons (Fsp3) is 0.684. The topological polar surface area (TPSA) is 15.3 Å². The van der Waals surface area contributed by atoms with Gasteiger partial charge in [-0.2, -0.15) is 0 Å². The summed E-state index contributed by atoms with van der Waals surface area (Å²) < 4.78 is 0. The predicted molar refractivity (Wildman–Crippen MR) is 91.0 cm³/mol. The Balaban J connectivity index is 1.71. The van der Waals surface area contributed by atoms with Gasteiger partial charge in [0.25, 0.3) is 0 Å². The van der Waals surface area contributed by atoms with Crippen molar-refractivity contribution in [2.45, 2.75) is 64.5 Å². The number of rotatable bonds is 3. The SMILES string of the molecule is CC(C)(C)NCC1CCC1N1CCCCc2ccccc21. The van der Waals surface area contributed by atoms with Gasteiger partial charge in [0.1, 0.15) is 0 Å². The molecule has 0 spiro atoms. The normalized spacial score (nSPS) is 26.0. The molecular weight excluding hydrogens is 256 g/mol. The molecule has 1 aromatic carbocycles. The lowest BCUT2D eigenvalue weighted by atomic mass is 9.77. The minimum absolute atomic E-state index is 0.233. The fourth-order valence-corrected chi connectivity index (χ4v) is 3.70. The maximum Gasteiger partial charge on any atom is 0.0401 e. The van der Waals surface area contributed by atoms with E-state index in [-0.39, 0.29) is 5.54 Å². The zero-order valence-electron chi connectivity index (χ0n) is 13.9. The first kappa shape index (κ1) is 14.9. The van der Waals surface area contributed by atoms with E-state index in [9.17, 15) is 0 Å². The minimum atomic E-state index is 0.233. The van der Waals surface area contributed by atoms with Crippen LogP contribution in [0.15, 0.2) is 24.3 Å². The van der Waals surface area contributed by atoms with Gasteiger partial charge in [-0.25, -0.2) is 0 Å².